The number of hydrogen-bond acceptors (Lipinski definition) is 4. The molecule has 0 saturated carbocycles. The van der Waals surface area contributed by atoms with E-state index in [4.69, 9.17) is 0 Å². The molecule has 0 bridgehead atoms. The zero-order valence-corrected chi connectivity index (χ0v) is 15.4. The second kappa shape index (κ2) is 7.64. The monoisotopic (exact) mass is 339 g/mol. The minimum Gasteiger partial charge on any atom is -0.391 e. The van der Waals surface area contributed by atoms with Gasteiger partial charge in [-0.05, 0) is 35.8 Å². The third kappa shape index (κ3) is 5.19. The van der Waals surface area contributed by atoms with Crippen LogP contribution in [0.2, 0.25) is 0 Å². The molecular weight excluding hydrogens is 310 g/mol. The number of thiophene rings is 1. The first kappa shape index (κ1) is 18.2. The Labute approximate surface area is 143 Å². The standard InChI is InChI=1S/C17H29N3O2S/c1-12(20-7-5-14-13(11-20)6-8-23-14)9-18-16(22)19-10-15(21)17(2,3)4/h6,8,12,15,21H,5,7,9-11H2,1-4H3,(H2,18,19,22). The van der Waals surface area contributed by atoms with Gasteiger partial charge >= 0.3 is 6.03 Å². The topological polar surface area (TPSA) is 64.6 Å². The van der Waals surface area contributed by atoms with Crippen molar-refractivity contribution in [2.75, 3.05) is 19.6 Å². The molecule has 0 radical (unpaired) electrons. The smallest absolute Gasteiger partial charge is 0.314 e. The highest BCUT2D eigenvalue weighted by molar-refractivity contribution is 7.10. The third-order valence-electron chi connectivity index (χ3n) is 4.47. The highest BCUT2D eigenvalue weighted by Gasteiger charge is 2.23. The lowest BCUT2D eigenvalue weighted by Gasteiger charge is -2.32. The Morgan fingerprint density at radius 1 is 1.39 bits per heavy atom. The molecule has 2 rings (SSSR count). The van der Waals surface area contributed by atoms with E-state index in [-0.39, 0.29) is 18.0 Å². The van der Waals surface area contributed by atoms with E-state index in [9.17, 15) is 9.90 Å². The number of carbonyl (C=O) groups excluding carboxylic acids is 1. The van der Waals surface area contributed by atoms with E-state index in [1.54, 1.807) is 0 Å². The fraction of sp³-hybridized carbons (Fsp3) is 0.706. The summed E-state index contributed by atoms with van der Waals surface area (Å²) in [5, 5.41) is 17.7. The molecule has 3 N–H and O–H groups in total. The van der Waals surface area contributed by atoms with Crippen molar-refractivity contribution in [2.24, 2.45) is 5.41 Å². The van der Waals surface area contributed by atoms with Gasteiger partial charge < -0.3 is 15.7 Å². The van der Waals surface area contributed by atoms with E-state index < -0.39 is 6.10 Å². The lowest BCUT2D eigenvalue weighted by molar-refractivity contribution is 0.0649. The van der Waals surface area contributed by atoms with Crippen LogP contribution in [-0.2, 0) is 13.0 Å². The number of fused-ring (bicyclic) bond motifs is 1. The highest BCUT2D eigenvalue weighted by Crippen LogP contribution is 2.25. The maximum atomic E-state index is 11.9. The molecule has 1 aliphatic heterocycles. The molecule has 1 aromatic rings. The Morgan fingerprint density at radius 2 is 2.09 bits per heavy atom. The number of aliphatic hydroxyl groups excluding tert-OH is 1. The van der Waals surface area contributed by atoms with E-state index in [0.29, 0.717) is 12.6 Å². The Bertz CT molecular complexity index is 524. The quantitative estimate of drug-likeness (QED) is 0.770. The average Bonchev–Trinajstić information content (AvgIpc) is 2.96. The number of urea groups is 1. The summed E-state index contributed by atoms with van der Waals surface area (Å²) in [4.78, 5) is 15.8. The van der Waals surface area contributed by atoms with Crippen LogP contribution in [0.25, 0.3) is 0 Å². The average molecular weight is 340 g/mol. The van der Waals surface area contributed by atoms with Crippen LogP contribution in [0.4, 0.5) is 4.79 Å². The second-order valence-corrected chi connectivity index (χ2v) is 8.41. The van der Waals surface area contributed by atoms with Gasteiger partial charge in [-0.1, -0.05) is 20.8 Å². The molecule has 2 unspecified atom stereocenters. The van der Waals surface area contributed by atoms with Crippen LogP contribution in [0, 0.1) is 5.41 Å². The van der Waals surface area contributed by atoms with Gasteiger partial charge in [-0.25, -0.2) is 4.79 Å². The second-order valence-electron chi connectivity index (χ2n) is 7.41. The normalized spacial score (nSPS) is 18.1. The van der Waals surface area contributed by atoms with E-state index in [2.05, 4.69) is 33.9 Å². The van der Waals surface area contributed by atoms with Crippen LogP contribution in [-0.4, -0.2) is 47.8 Å². The number of nitrogens with one attached hydrogen (secondary N) is 2. The van der Waals surface area contributed by atoms with Crippen LogP contribution < -0.4 is 10.6 Å². The van der Waals surface area contributed by atoms with E-state index in [1.165, 1.54) is 10.4 Å². The van der Waals surface area contributed by atoms with E-state index in [0.717, 1.165) is 19.5 Å². The van der Waals surface area contributed by atoms with Crippen LogP contribution in [0.1, 0.15) is 38.1 Å². The van der Waals surface area contributed by atoms with Crippen molar-refractivity contribution < 1.29 is 9.90 Å². The van der Waals surface area contributed by atoms with E-state index >= 15 is 0 Å². The number of amides is 2. The van der Waals surface area contributed by atoms with Gasteiger partial charge in [-0.2, -0.15) is 0 Å². The fourth-order valence-electron chi connectivity index (χ4n) is 2.57. The SMILES string of the molecule is CC(CNC(=O)NCC(O)C(C)(C)C)N1CCc2sccc2C1. The van der Waals surface area contributed by atoms with Crippen LogP contribution in [0.15, 0.2) is 11.4 Å². The van der Waals surface area contributed by atoms with Gasteiger partial charge in [-0.3, -0.25) is 4.90 Å². The summed E-state index contributed by atoms with van der Waals surface area (Å²) in [6.45, 7) is 10.9. The van der Waals surface area contributed by atoms with Gasteiger partial charge in [0, 0.05) is 37.1 Å². The van der Waals surface area contributed by atoms with Crippen LogP contribution in [0.3, 0.4) is 0 Å². The molecule has 1 aromatic heterocycles. The molecule has 0 aromatic carbocycles. The highest BCUT2D eigenvalue weighted by atomic mass is 32.1. The summed E-state index contributed by atoms with van der Waals surface area (Å²) in [7, 11) is 0. The predicted molar refractivity (Wildman–Crippen MR) is 94.8 cm³/mol. The molecule has 2 amide bonds. The number of nitrogens with zero attached hydrogens (tertiary/aromatic N) is 1. The van der Waals surface area contributed by atoms with Crippen molar-refractivity contribution in [3.63, 3.8) is 0 Å². The molecule has 0 spiro atoms. The van der Waals surface area contributed by atoms with Crippen molar-refractivity contribution in [3.05, 3.63) is 21.9 Å². The van der Waals surface area contributed by atoms with Gasteiger partial charge in [0.25, 0.3) is 0 Å². The largest absolute Gasteiger partial charge is 0.391 e. The molecule has 0 aliphatic carbocycles. The van der Waals surface area contributed by atoms with Gasteiger partial charge in [0.1, 0.15) is 0 Å². The lowest BCUT2D eigenvalue weighted by atomic mass is 9.89. The molecule has 6 heteroatoms. The Morgan fingerprint density at radius 3 is 2.78 bits per heavy atom. The van der Waals surface area contributed by atoms with Gasteiger partial charge in [-0.15, -0.1) is 11.3 Å². The van der Waals surface area contributed by atoms with Gasteiger partial charge in [0.2, 0.25) is 0 Å². The zero-order valence-electron chi connectivity index (χ0n) is 14.6. The Balaban J connectivity index is 1.70. The number of aliphatic hydroxyl groups is 1. The first-order valence-electron chi connectivity index (χ1n) is 8.26. The Hall–Kier alpha value is -1.11. The molecule has 5 nitrogen and oxygen atoms in total. The first-order chi connectivity index (χ1) is 10.8. The Kier molecular flexibility index (Phi) is 6.06. The molecule has 0 saturated heterocycles. The number of carbonyl (C=O) groups is 1. The maximum Gasteiger partial charge on any atom is 0.314 e. The number of rotatable bonds is 5. The predicted octanol–water partition coefficient (Wildman–Crippen LogP) is 2.20. The third-order valence-corrected chi connectivity index (χ3v) is 5.50. The summed E-state index contributed by atoms with van der Waals surface area (Å²) in [6, 6.07) is 2.28. The fourth-order valence-corrected chi connectivity index (χ4v) is 3.46. The van der Waals surface area contributed by atoms with Crippen molar-refractivity contribution in [3.8, 4) is 0 Å². The van der Waals surface area contributed by atoms with Crippen LogP contribution >= 0.6 is 11.3 Å². The van der Waals surface area contributed by atoms with Crippen molar-refractivity contribution in [1.29, 1.82) is 0 Å². The van der Waals surface area contributed by atoms with Gasteiger partial charge in [0.15, 0.2) is 0 Å². The molecular formula is C17H29N3O2S. The summed E-state index contributed by atoms with van der Waals surface area (Å²) >= 11 is 1.84. The summed E-state index contributed by atoms with van der Waals surface area (Å²) in [5.74, 6) is 0. The zero-order chi connectivity index (χ0) is 17.0. The molecule has 23 heavy (non-hydrogen) atoms. The summed E-state index contributed by atoms with van der Waals surface area (Å²) in [6.07, 6.45) is 0.547. The molecule has 130 valence electrons. The number of hydrogen-bond donors (Lipinski definition) is 3. The molecule has 1 aliphatic rings. The molecule has 0 fully saturated rings. The maximum absolute atomic E-state index is 11.9. The summed E-state index contributed by atoms with van der Waals surface area (Å²) < 4.78 is 0. The minimum atomic E-state index is -0.551. The minimum absolute atomic E-state index is 0.214. The summed E-state index contributed by atoms with van der Waals surface area (Å²) in [5.41, 5.74) is 1.19. The van der Waals surface area contributed by atoms with Gasteiger partial charge in [0.05, 0.1) is 6.10 Å². The molecule has 2 heterocycles. The molecule has 2 atom stereocenters. The van der Waals surface area contributed by atoms with Crippen molar-refractivity contribution in [1.82, 2.24) is 15.5 Å². The van der Waals surface area contributed by atoms with Crippen molar-refractivity contribution in [2.45, 2.75) is 52.8 Å². The van der Waals surface area contributed by atoms with E-state index in [1.807, 2.05) is 32.1 Å². The van der Waals surface area contributed by atoms with Crippen LogP contribution in [0.5, 0.6) is 0 Å². The first-order valence-corrected chi connectivity index (χ1v) is 9.14. The lowest BCUT2D eigenvalue weighted by Crippen LogP contribution is -2.48. The van der Waals surface area contributed by atoms with Crippen molar-refractivity contribution >= 4 is 17.4 Å².